The van der Waals surface area contributed by atoms with Crippen LogP contribution in [0.15, 0.2) is 60.7 Å². The van der Waals surface area contributed by atoms with E-state index in [0.29, 0.717) is 13.0 Å². The van der Waals surface area contributed by atoms with E-state index in [9.17, 15) is 8.42 Å². The zero-order valence-corrected chi connectivity index (χ0v) is 27.3. The standard InChI is InChI=1S/C33H52O5SSi/c1-6-7-8-9-10-11-12-19-24-32(38-39(5,34)35)31-26-25-28(37-31)27-36-40(33(2,3)4,29-20-15-13-16-21-29)30-22-17-14-18-23-30/h13-18,20-23,28,31-32H,6-12,19,24-27H2,1-5H3/t28-,31-,32+/m0/s1. The highest BCUT2D eigenvalue weighted by Gasteiger charge is 2.50. The van der Waals surface area contributed by atoms with E-state index >= 15 is 0 Å². The van der Waals surface area contributed by atoms with Gasteiger partial charge in [0.05, 0.1) is 25.1 Å². The van der Waals surface area contributed by atoms with Crippen LogP contribution in [0, 0.1) is 0 Å². The Morgan fingerprint density at radius 1 is 0.850 bits per heavy atom. The molecule has 1 fully saturated rings. The van der Waals surface area contributed by atoms with E-state index in [-0.39, 0.29) is 17.2 Å². The Morgan fingerprint density at radius 3 is 1.88 bits per heavy atom. The van der Waals surface area contributed by atoms with Crippen LogP contribution in [-0.4, -0.2) is 47.9 Å². The lowest BCUT2D eigenvalue weighted by Gasteiger charge is -2.43. The predicted molar refractivity (Wildman–Crippen MR) is 168 cm³/mol. The van der Waals surface area contributed by atoms with Crippen molar-refractivity contribution in [3.8, 4) is 0 Å². The molecular formula is C33H52O5SSi. The lowest BCUT2D eigenvalue weighted by molar-refractivity contribution is -0.0385. The van der Waals surface area contributed by atoms with E-state index in [4.69, 9.17) is 13.3 Å². The van der Waals surface area contributed by atoms with Gasteiger partial charge in [-0.1, -0.05) is 140 Å². The van der Waals surface area contributed by atoms with Crippen LogP contribution in [0.5, 0.6) is 0 Å². The Bertz CT molecular complexity index is 1050. The fourth-order valence-electron chi connectivity index (χ4n) is 6.11. The Balaban J connectivity index is 1.66. The third kappa shape index (κ3) is 9.52. The Morgan fingerprint density at radius 2 is 1.38 bits per heavy atom. The van der Waals surface area contributed by atoms with Crippen molar-refractivity contribution in [2.45, 2.75) is 122 Å². The molecule has 1 saturated heterocycles. The first-order valence-electron chi connectivity index (χ1n) is 15.4. The molecule has 0 aromatic heterocycles. The van der Waals surface area contributed by atoms with Gasteiger partial charge in [-0.3, -0.25) is 4.18 Å². The zero-order chi connectivity index (χ0) is 29.1. The third-order valence-electron chi connectivity index (χ3n) is 8.10. The summed E-state index contributed by atoms with van der Waals surface area (Å²) in [5, 5.41) is 2.39. The van der Waals surface area contributed by atoms with Gasteiger partial charge in [-0.05, 0) is 34.7 Å². The van der Waals surface area contributed by atoms with Crippen molar-refractivity contribution in [3.63, 3.8) is 0 Å². The summed E-state index contributed by atoms with van der Waals surface area (Å²) in [6.07, 6.45) is 12.4. The summed E-state index contributed by atoms with van der Waals surface area (Å²) in [6, 6.07) is 21.3. The van der Waals surface area contributed by atoms with E-state index in [1.165, 1.54) is 48.9 Å². The van der Waals surface area contributed by atoms with Crippen molar-refractivity contribution in [2.24, 2.45) is 0 Å². The topological polar surface area (TPSA) is 61.8 Å². The van der Waals surface area contributed by atoms with Crippen LogP contribution < -0.4 is 10.4 Å². The molecule has 0 radical (unpaired) electrons. The minimum atomic E-state index is -3.57. The Hall–Kier alpha value is -1.51. The molecule has 0 spiro atoms. The molecule has 40 heavy (non-hydrogen) atoms. The normalized spacial score (nSPS) is 19.1. The Labute approximate surface area is 245 Å². The highest BCUT2D eigenvalue weighted by molar-refractivity contribution is 7.86. The number of ether oxygens (including phenoxy) is 1. The van der Waals surface area contributed by atoms with E-state index in [1.807, 2.05) is 0 Å². The van der Waals surface area contributed by atoms with E-state index in [0.717, 1.165) is 31.9 Å². The van der Waals surface area contributed by atoms with E-state index in [2.05, 4.69) is 88.4 Å². The smallest absolute Gasteiger partial charge is 0.264 e. The number of unbranched alkanes of at least 4 members (excludes halogenated alkanes) is 7. The van der Waals surface area contributed by atoms with E-state index in [1.54, 1.807) is 0 Å². The first-order chi connectivity index (χ1) is 19.1. The molecule has 1 aliphatic heterocycles. The number of hydrogen-bond acceptors (Lipinski definition) is 5. The van der Waals surface area contributed by atoms with Crippen molar-refractivity contribution in [3.05, 3.63) is 60.7 Å². The molecule has 0 bridgehead atoms. The average molecular weight is 589 g/mol. The fourth-order valence-corrected chi connectivity index (χ4v) is 11.4. The molecule has 0 aliphatic carbocycles. The molecule has 0 N–H and O–H groups in total. The van der Waals surface area contributed by atoms with E-state index < -0.39 is 24.5 Å². The molecule has 5 nitrogen and oxygen atoms in total. The molecule has 224 valence electrons. The van der Waals surface area contributed by atoms with Crippen molar-refractivity contribution in [2.75, 3.05) is 12.9 Å². The van der Waals surface area contributed by atoms with Gasteiger partial charge < -0.3 is 9.16 Å². The molecule has 7 heteroatoms. The lowest BCUT2D eigenvalue weighted by Crippen LogP contribution is -2.67. The molecule has 2 aromatic carbocycles. The van der Waals surface area contributed by atoms with Crippen LogP contribution in [0.25, 0.3) is 0 Å². The summed E-state index contributed by atoms with van der Waals surface area (Å²) in [5.74, 6) is 0. The van der Waals surface area contributed by atoms with Gasteiger partial charge in [-0.2, -0.15) is 8.42 Å². The van der Waals surface area contributed by atoms with Crippen LogP contribution in [0.3, 0.4) is 0 Å². The summed E-state index contributed by atoms with van der Waals surface area (Å²) < 4.78 is 43.3. The third-order valence-corrected chi connectivity index (χ3v) is 13.7. The largest absolute Gasteiger partial charge is 0.405 e. The molecule has 0 saturated carbocycles. The second-order valence-corrected chi connectivity index (χ2v) is 18.4. The van der Waals surface area contributed by atoms with Gasteiger partial charge >= 0.3 is 0 Å². The maximum absolute atomic E-state index is 12.1. The van der Waals surface area contributed by atoms with Gasteiger partial charge in [0.25, 0.3) is 18.4 Å². The molecule has 3 atom stereocenters. The van der Waals surface area contributed by atoms with Gasteiger partial charge in [-0.25, -0.2) is 0 Å². The van der Waals surface area contributed by atoms with Gasteiger partial charge in [0, 0.05) is 0 Å². The zero-order valence-electron chi connectivity index (χ0n) is 25.4. The first kappa shape index (κ1) is 33.0. The monoisotopic (exact) mass is 588 g/mol. The number of benzene rings is 2. The van der Waals surface area contributed by atoms with Crippen LogP contribution in [0.2, 0.25) is 5.04 Å². The van der Waals surface area contributed by atoms with Gasteiger partial charge in [0.2, 0.25) is 0 Å². The quantitative estimate of drug-likeness (QED) is 0.113. The summed E-state index contributed by atoms with van der Waals surface area (Å²) in [6.45, 7) is 9.54. The van der Waals surface area contributed by atoms with Crippen molar-refractivity contribution in [1.29, 1.82) is 0 Å². The van der Waals surface area contributed by atoms with Crippen molar-refractivity contribution in [1.82, 2.24) is 0 Å². The molecule has 1 heterocycles. The van der Waals surface area contributed by atoms with Crippen LogP contribution in [-0.2, 0) is 23.5 Å². The molecule has 0 amide bonds. The molecule has 3 rings (SSSR count). The summed E-state index contributed by atoms with van der Waals surface area (Å²) >= 11 is 0. The second kappa shape index (κ2) is 15.6. The Kier molecular flexibility index (Phi) is 12.9. The van der Waals surface area contributed by atoms with Gasteiger partial charge in [0.15, 0.2) is 0 Å². The highest BCUT2D eigenvalue weighted by atomic mass is 32.2. The lowest BCUT2D eigenvalue weighted by atomic mass is 10.0. The van der Waals surface area contributed by atoms with Crippen LogP contribution >= 0.6 is 0 Å². The van der Waals surface area contributed by atoms with Crippen LogP contribution in [0.4, 0.5) is 0 Å². The minimum absolute atomic E-state index is 0.0872. The average Bonchev–Trinajstić information content (AvgIpc) is 3.39. The van der Waals surface area contributed by atoms with Gasteiger partial charge in [-0.15, -0.1) is 0 Å². The SMILES string of the molecule is CCCCCCCCCC[C@@H](OS(C)(=O)=O)[C@@H]1CC[C@@H](CO[Si](c2ccccc2)(c2ccccc2)C(C)(C)C)O1. The number of rotatable bonds is 17. The minimum Gasteiger partial charge on any atom is -0.405 e. The highest BCUT2D eigenvalue weighted by Crippen LogP contribution is 2.38. The molecule has 0 unspecified atom stereocenters. The van der Waals surface area contributed by atoms with Crippen molar-refractivity contribution < 1.29 is 21.8 Å². The summed E-state index contributed by atoms with van der Waals surface area (Å²) in [4.78, 5) is 0. The maximum atomic E-state index is 12.1. The second-order valence-electron chi connectivity index (χ2n) is 12.5. The first-order valence-corrected chi connectivity index (χ1v) is 19.1. The predicted octanol–water partition coefficient (Wildman–Crippen LogP) is 6.99. The molecular weight excluding hydrogens is 537 g/mol. The van der Waals surface area contributed by atoms with Crippen LogP contribution in [0.1, 0.15) is 98.3 Å². The van der Waals surface area contributed by atoms with Gasteiger partial charge in [0.1, 0.15) is 6.10 Å². The van der Waals surface area contributed by atoms with Crippen molar-refractivity contribution >= 4 is 28.8 Å². The number of hydrogen-bond donors (Lipinski definition) is 0. The fraction of sp³-hybridized carbons (Fsp3) is 0.636. The molecule has 1 aliphatic rings. The maximum Gasteiger partial charge on any atom is 0.264 e. The summed E-state index contributed by atoms with van der Waals surface area (Å²) in [7, 11) is -6.22. The molecule has 2 aromatic rings. The summed E-state index contributed by atoms with van der Waals surface area (Å²) in [5.41, 5.74) is 0.